The molecule has 3 heteroatoms. The van der Waals surface area contributed by atoms with Gasteiger partial charge < -0.3 is 10.2 Å². The number of hydrogen-bond donors (Lipinski definition) is 1. The summed E-state index contributed by atoms with van der Waals surface area (Å²) in [6, 6.07) is 7.08. The van der Waals surface area contributed by atoms with Crippen LogP contribution in [0.15, 0.2) is 24.3 Å². The van der Waals surface area contributed by atoms with Crippen molar-refractivity contribution in [3.8, 4) is 0 Å². The molecular weight excluding hydrogens is 227 g/mol. The molecule has 1 aromatic rings. The SMILES string of the molecule is Fc1cccc(N2CCNCC23CCCCC3)c1. The maximum atomic E-state index is 13.4. The molecule has 2 nitrogen and oxygen atoms in total. The van der Waals surface area contributed by atoms with Crippen molar-refractivity contribution in [2.24, 2.45) is 0 Å². The van der Waals surface area contributed by atoms with Gasteiger partial charge in [-0.3, -0.25) is 0 Å². The number of nitrogens with one attached hydrogen (secondary N) is 1. The normalized spacial score (nSPS) is 23.3. The molecule has 0 radical (unpaired) electrons. The lowest BCUT2D eigenvalue weighted by molar-refractivity contribution is 0.241. The first-order valence-corrected chi connectivity index (χ1v) is 7.04. The van der Waals surface area contributed by atoms with E-state index in [0.717, 1.165) is 25.3 Å². The van der Waals surface area contributed by atoms with Crippen molar-refractivity contribution in [3.63, 3.8) is 0 Å². The number of piperazine rings is 1. The van der Waals surface area contributed by atoms with E-state index < -0.39 is 0 Å². The quantitative estimate of drug-likeness (QED) is 0.822. The van der Waals surface area contributed by atoms with Gasteiger partial charge in [-0.15, -0.1) is 0 Å². The number of anilines is 1. The van der Waals surface area contributed by atoms with Crippen molar-refractivity contribution in [3.05, 3.63) is 30.1 Å². The van der Waals surface area contributed by atoms with E-state index in [2.05, 4.69) is 10.2 Å². The van der Waals surface area contributed by atoms with Crippen molar-refractivity contribution in [1.82, 2.24) is 5.32 Å². The molecule has 1 aromatic carbocycles. The van der Waals surface area contributed by atoms with Gasteiger partial charge in [-0.25, -0.2) is 4.39 Å². The Balaban J connectivity index is 1.91. The highest BCUT2D eigenvalue weighted by molar-refractivity contribution is 5.50. The van der Waals surface area contributed by atoms with Gasteiger partial charge in [0.05, 0.1) is 5.54 Å². The molecule has 1 aliphatic heterocycles. The van der Waals surface area contributed by atoms with Gasteiger partial charge in [0.2, 0.25) is 0 Å². The number of benzene rings is 1. The summed E-state index contributed by atoms with van der Waals surface area (Å²) >= 11 is 0. The molecule has 1 heterocycles. The Bertz CT molecular complexity index is 404. The average Bonchev–Trinajstić information content (AvgIpc) is 2.40. The van der Waals surface area contributed by atoms with Crippen molar-refractivity contribution in [1.29, 1.82) is 0 Å². The molecule has 98 valence electrons. The summed E-state index contributed by atoms with van der Waals surface area (Å²) in [4.78, 5) is 2.45. The molecular formula is C15H21FN2. The molecule has 0 aromatic heterocycles. The highest BCUT2D eigenvalue weighted by Gasteiger charge is 2.39. The molecule has 1 saturated carbocycles. The molecule has 1 N–H and O–H groups in total. The molecule has 0 atom stereocenters. The summed E-state index contributed by atoms with van der Waals surface area (Å²) in [6.45, 7) is 3.03. The van der Waals surface area contributed by atoms with Gasteiger partial charge >= 0.3 is 0 Å². The van der Waals surface area contributed by atoms with Gasteiger partial charge in [0, 0.05) is 25.3 Å². The number of rotatable bonds is 1. The van der Waals surface area contributed by atoms with Crippen molar-refractivity contribution in [2.75, 3.05) is 24.5 Å². The van der Waals surface area contributed by atoms with E-state index in [1.54, 1.807) is 6.07 Å². The second kappa shape index (κ2) is 4.88. The Hall–Kier alpha value is -1.09. The van der Waals surface area contributed by atoms with Crippen molar-refractivity contribution < 1.29 is 4.39 Å². The molecule has 0 amide bonds. The smallest absolute Gasteiger partial charge is 0.125 e. The molecule has 2 fully saturated rings. The van der Waals surface area contributed by atoms with Crippen LogP contribution in [0.4, 0.5) is 10.1 Å². The third kappa shape index (κ3) is 2.12. The molecule has 1 aliphatic carbocycles. The Labute approximate surface area is 108 Å². The standard InChI is InChI=1S/C15H21FN2/c16-13-5-4-6-14(11-13)18-10-9-17-12-15(18)7-2-1-3-8-15/h4-6,11,17H,1-3,7-10,12H2. The Morgan fingerprint density at radius 2 is 2.00 bits per heavy atom. The fourth-order valence-electron chi connectivity index (χ4n) is 3.55. The van der Waals surface area contributed by atoms with Gasteiger partial charge in [-0.1, -0.05) is 25.3 Å². The van der Waals surface area contributed by atoms with Crippen LogP contribution in [-0.4, -0.2) is 25.2 Å². The van der Waals surface area contributed by atoms with Gasteiger partial charge in [-0.2, -0.15) is 0 Å². The predicted octanol–water partition coefficient (Wildman–Crippen LogP) is 2.94. The lowest BCUT2D eigenvalue weighted by Gasteiger charge is -2.51. The van der Waals surface area contributed by atoms with E-state index >= 15 is 0 Å². The second-order valence-corrected chi connectivity index (χ2v) is 5.59. The maximum Gasteiger partial charge on any atom is 0.125 e. The summed E-state index contributed by atoms with van der Waals surface area (Å²) in [6.07, 6.45) is 6.41. The lowest BCUT2D eigenvalue weighted by Crippen LogP contribution is -2.62. The minimum atomic E-state index is -0.128. The monoisotopic (exact) mass is 248 g/mol. The molecule has 2 aliphatic rings. The highest BCUT2D eigenvalue weighted by Crippen LogP contribution is 2.37. The Morgan fingerprint density at radius 1 is 1.17 bits per heavy atom. The maximum absolute atomic E-state index is 13.4. The van der Waals surface area contributed by atoms with Crippen LogP contribution in [0.1, 0.15) is 32.1 Å². The molecule has 1 saturated heterocycles. The van der Waals surface area contributed by atoms with E-state index in [4.69, 9.17) is 0 Å². The van der Waals surface area contributed by atoms with Gasteiger partial charge in [-0.05, 0) is 31.0 Å². The molecule has 3 rings (SSSR count). The number of hydrogen-bond acceptors (Lipinski definition) is 2. The topological polar surface area (TPSA) is 15.3 Å². The summed E-state index contributed by atoms with van der Waals surface area (Å²) < 4.78 is 13.4. The predicted molar refractivity (Wildman–Crippen MR) is 72.4 cm³/mol. The second-order valence-electron chi connectivity index (χ2n) is 5.59. The van der Waals surface area contributed by atoms with Crippen molar-refractivity contribution in [2.45, 2.75) is 37.6 Å². The fourth-order valence-corrected chi connectivity index (χ4v) is 3.55. The average molecular weight is 248 g/mol. The summed E-state index contributed by atoms with van der Waals surface area (Å²) in [5.74, 6) is -0.128. The summed E-state index contributed by atoms with van der Waals surface area (Å²) in [5.41, 5.74) is 1.28. The van der Waals surface area contributed by atoms with E-state index in [1.165, 1.54) is 38.2 Å². The highest BCUT2D eigenvalue weighted by atomic mass is 19.1. The summed E-state index contributed by atoms with van der Waals surface area (Å²) in [7, 11) is 0. The van der Waals surface area contributed by atoms with Gasteiger partial charge in [0.1, 0.15) is 5.82 Å². The first-order chi connectivity index (χ1) is 8.80. The minimum absolute atomic E-state index is 0.128. The minimum Gasteiger partial charge on any atom is -0.363 e. The van der Waals surface area contributed by atoms with E-state index in [1.807, 2.05) is 12.1 Å². The Morgan fingerprint density at radius 3 is 2.78 bits per heavy atom. The molecule has 0 unspecified atom stereocenters. The number of nitrogens with zero attached hydrogens (tertiary/aromatic N) is 1. The van der Waals surface area contributed by atoms with Crippen LogP contribution < -0.4 is 10.2 Å². The van der Waals surface area contributed by atoms with Crippen LogP contribution in [0.3, 0.4) is 0 Å². The zero-order valence-electron chi connectivity index (χ0n) is 10.8. The van der Waals surface area contributed by atoms with Crippen LogP contribution in [0, 0.1) is 5.82 Å². The Kier molecular flexibility index (Phi) is 3.25. The molecule has 18 heavy (non-hydrogen) atoms. The first-order valence-electron chi connectivity index (χ1n) is 7.04. The third-order valence-electron chi connectivity index (χ3n) is 4.44. The van der Waals surface area contributed by atoms with E-state index in [-0.39, 0.29) is 11.4 Å². The zero-order valence-corrected chi connectivity index (χ0v) is 10.8. The summed E-state index contributed by atoms with van der Waals surface area (Å²) in [5, 5.41) is 3.52. The van der Waals surface area contributed by atoms with E-state index in [0.29, 0.717) is 0 Å². The fraction of sp³-hybridized carbons (Fsp3) is 0.600. The van der Waals surface area contributed by atoms with Crippen LogP contribution in [0.25, 0.3) is 0 Å². The van der Waals surface area contributed by atoms with Crippen LogP contribution >= 0.6 is 0 Å². The van der Waals surface area contributed by atoms with Crippen LogP contribution in [0.2, 0.25) is 0 Å². The lowest BCUT2D eigenvalue weighted by atomic mass is 9.78. The zero-order chi connectivity index (χ0) is 12.4. The van der Waals surface area contributed by atoms with E-state index in [9.17, 15) is 4.39 Å². The first kappa shape index (κ1) is 12.0. The number of halogens is 1. The van der Waals surface area contributed by atoms with Crippen LogP contribution in [0.5, 0.6) is 0 Å². The molecule has 0 bridgehead atoms. The largest absolute Gasteiger partial charge is 0.363 e. The van der Waals surface area contributed by atoms with Gasteiger partial charge in [0.15, 0.2) is 0 Å². The van der Waals surface area contributed by atoms with Crippen molar-refractivity contribution >= 4 is 5.69 Å². The van der Waals surface area contributed by atoms with Gasteiger partial charge in [0.25, 0.3) is 0 Å². The third-order valence-corrected chi connectivity index (χ3v) is 4.44. The molecule has 1 spiro atoms. The van der Waals surface area contributed by atoms with Crippen LogP contribution in [-0.2, 0) is 0 Å².